The van der Waals surface area contributed by atoms with Gasteiger partial charge in [-0.05, 0) is 19.5 Å². The largest absolute Gasteiger partial charge is 0.367 e. The van der Waals surface area contributed by atoms with Crippen LogP contribution in [0.4, 0.5) is 11.1 Å². The zero-order valence-electron chi connectivity index (χ0n) is 9.89. The Balaban J connectivity index is 1.97. The zero-order valence-corrected chi connectivity index (χ0v) is 10.7. The Bertz CT molecular complexity index is 336. The van der Waals surface area contributed by atoms with Gasteiger partial charge in [0.25, 0.3) is 0 Å². The molecule has 0 aromatic carbocycles. The standard InChI is InChI=1S/C10H19N5S/c1-3-14(4-2)8-5-6-15(7-8)10-12-9(11)13-16-10/h8H,3-7H2,1-2H3,(H2,11,13). The Morgan fingerprint density at radius 1 is 1.50 bits per heavy atom. The first-order valence-corrected chi connectivity index (χ1v) is 6.60. The molecule has 0 radical (unpaired) electrons. The fourth-order valence-corrected chi connectivity index (χ4v) is 2.94. The predicted octanol–water partition coefficient (Wildman–Crippen LogP) is 1.04. The van der Waals surface area contributed by atoms with Crippen LogP contribution < -0.4 is 10.6 Å². The highest BCUT2D eigenvalue weighted by Gasteiger charge is 2.27. The molecule has 1 unspecified atom stereocenters. The van der Waals surface area contributed by atoms with E-state index in [1.54, 1.807) is 0 Å². The molecular weight excluding hydrogens is 222 g/mol. The van der Waals surface area contributed by atoms with Crippen LogP contribution in [0.25, 0.3) is 0 Å². The van der Waals surface area contributed by atoms with Crippen LogP contribution in [0.15, 0.2) is 0 Å². The predicted molar refractivity (Wildman–Crippen MR) is 67.9 cm³/mol. The van der Waals surface area contributed by atoms with Crippen molar-refractivity contribution in [3.63, 3.8) is 0 Å². The number of hydrogen-bond acceptors (Lipinski definition) is 6. The highest BCUT2D eigenvalue weighted by atomic mass is 32.1. The second-order valence-corrected chi connectivity index (χ2v) is 4.78. The van der Waals surface area contributed by atoms with E-state index in [4.69, 9.17) is 5.73 Å². The molecule has 1 aliphatic heterocycles. The number of rotatable bonds is 4. The number of anilines is 2. The zero-order chi connectivity index (χ0) is 11.5. The fraction of sp³-hybridized carbons (Fsp3) is 0.800. The van der Waals surface area contributed by atoms with Crippen LogP contribution in [-0.2, 0) is 0 Å². The van der Waals surface area contributed by atoms with Crippen molar-refractivity contribution in [3.05, 3.63) is 0 Å². The van der Waals surface area contributed by atoms with E-state index in [2.05, 4.69) is 33.0 Å². The van der Waals surface area contributed by atoms with Crippen LogP contribution in [-0.4, -0.2) is 46.5 Å². The van der Waals surface area contributed by atoms with Crippen LogP contribution in [0.5, 0.6) is 0 Å². The van der Waals surface area contributed by atoms with E-state index < -0.39 is 0 Å². The third kappa shape index (κ3) is 2.27. The summed E-state index contributed by atoms with van der Waals surface area (Å²) in [5.74, 6) is 0.395. The summed E-state index contributed by atoms with van der Waals surface area (Å²) in [5.41, 5.74) is 5.54. The molecule has 0 spiro atoms. The summed E-state index contributed by atoms with van der Waals surface area (Å²) in [4.78, 5) is 9.02. The van der Waals surface area contributed by atoms with Gasteiger partial charge in [0.15, 0.2) is 0 Å². The average Bonchev–Trinajstić information content (AvgIpc) is 2.89. The highest BCUT2D eigenvalue weighted by Crippen LogP contribution is 2.24. The van der Waals surface area contributed by atoms with Crippen molar-refractivity contribution >= 4 is 22.6 Å². The van der Waals surface area contributed by atoms with E-state index in [1.807, 2.05) is 0 Å². The van der Waals surface area contributed by atoms with Gasteiger partial charge in [0.2, 0.25) is 11.1 Å². The monoisotopic (exact) mass is 241 g/mol. The maximum Gasteiger partial charge on any atom is 0.233 e. The third-order valence-corrected chi connectivity index (χ3v) is 3.98. The second-order valence-electron chi connectivity index (χ2n) is 4.04. The van der Waals surface area contributed by atoms with Crippen LogP contribution >= 0.6 is 11.5 Å². The van der Waals surface area contributed by atoms with Gasteiger partial charge in [0.05, 0.1) is 0 Å². The van der Waals surface area contributed by atoms with E-state index in [0.29, 0.717) is 12.0 Å². The molecule has 1 saturated heterocycles. The lowest BCUT2D eigenvalue weighted by Crippen LogP contribution is -2.37. The summed E-state index contributed by atoms with van der Waals surface area (Å²) >= 11 is 1.40. The molecule has 0 aliphatic carbocycles. The van der Waals surface area contributed by atoms with Crippen molar-refractivity contribution in [2.45, 2.75) is 26.3 Å². The molecule has 1 atom stereocenters. The lowest BCUT2D eigenvalue weighted by atomic mass is 10.2. The maximum atomic E-state index is 5.54. The molecule has 1 fully saturated rings. The van der Waals surface area contributed by atoms with Crippen molar-refractivity contribution in [1.29, 1.82) is 0 Å². The number of nitrogen functional groups attached to an aromatic ring is 1. The minimum Gasteiger partial charge on any atom is -0.367 e. The Morgan fingerprint density at radius 2 is 2.25 bits per heavy atom. The number of nitrogens with two attached hydrogens (primary N) is 1. The first-order chi connectivity index (χ1) is 7.74. The summed E-state index contributed by atoms with van der Waals surface area (Å²) in [7, 11) is 0. The van der Waals surface area contributed by atoms with Crippen molar-refractivity contribution in [1.82, 2.24) is 14.3 Å². The van der Waals surface area contributed by atoms with Gasteiger partial charge >= 0.3 is 0 Å². The third-order valence-electron chi connectivity index (χ3n) is 3.19. The van der Waals surface area contributed by atoms with Gasteiger partial charge in [0, 0.05) is 30.7 Å². The van der Waals surface area contributed by atoms with Crippen molar-refractivity contribution in [3.8, 4) is 0 Å². The summed E-state index contributed by atoms with van der Waals surface area (Å²) in [5, 5.41) is 0.965. The molecule has 6 heteroatoms. The molecule has 2 N–H and O–H groups in total. The normalized spacial score (nSPS) is 20.9. The molecule has 2 rings (SSSR count). The Labute approximate surface area is 100 Å². The quantitative estimate of drug-likeness (QED) is 0.853. The molecule has 0 amide bonds. The molecule has 16 heavy (non-hydrogen) atoms. The number of likely N-dealkylation sites (N-methyl/N-ethyl adjacent to an activating group) is 1. The van der Waals surface area contributed by atoms with Crippen LogP contribution in [0.2, 0.25) is 0 Å². The molecular formula is C10H19N5S. The first kappa shape index (κ1) is 11.6. The number of hydrogen-bond donors (Lipinski definition) is 1. The van der Waals surface area contributed by atoms with Gasteiger partial charge in [-0.25, -0.2) is 0 Å². The average molecular weight is 241 g/mol. The first-order valence-electron chi connectivity index (χ1n) is 5.82. The Hall–Kier alpha value is -0.880. The lowest BCUT2D eigenvalue weighted by molar-refractivity contribution is 0.232. The van der Waals surface area contributed by atoms with E-state index in [9.17, 15) is 0 Å². The maximum absolute atomic E-state index is 5.54. The Morgan fingerprint density at radius 3 is 2.81 bits per heavy atom. The van der Waals surface area contributed by atoms with E-state index in [0.717, 1.165) is 31.3 Å². The Kier molecular flexibility index (Phi) is 3.60. The smallest absolute Gasteiger partial charge is 0.233 e. The molecule has 1 aromatic rings. The van der Waals surface area contributed by atoms with Gasteiger partial charge < -0.3 is 10.6 Å². The summed E-state index contributed by atoms with van der Waals surface area (Å²) in [6.45, 7) is 8.79. The SMILES string of the molecule is CCN(CC)C1CCN(c2nc(N)ns2)C1. The van der Waals surface area contributed by atoms with Gasteiger partial charge in [-0.15, -0.1) is 0 Å². The van der Waals surface area contributed by atoms with Crippen LogP contribution in [0.1, 0.15) is 20.3 Å². The molecule has 1 aromatic heterocycles. The molecule has 0 bridgehead atoms. The number of aromatic nitrogens is 2. The minimum absolute atomic E-state index is 0.395. The molecule has 5 nitrogen and oxygen atoms in total. The second kappa shape index (κ2) is 4.97. The topological polar surface area (TPSA) is 58.3 Å². The van der Waals surface area contributed by atoms with Crippen LogP contribution in [0, 0.1) is 0 Å². The number of nitrogens with zero attached hydrogens (tertiary/aromatic N) is 4. The van der Waals surface area contributed by atoms with Crippen molar-refractivity contribution in [2.75, 3.05) is 36.8 Å². The van der Waals surface area contributed by atoms with Gasteiger partial charge in [0.1, 0.15) is 0 Å². The van der Waals surface area contributed by atoms with Crippen molar-refractivity contribution < 1.29 is 0 Å². The molecule has 2 heterocycles. The fourth-order valence-electron chi connectivity index (χ4n) is 2.31. The summed E-state index contributed by atoms with van der Waals surface area (Å²) < 4.78 is 4.02. The van der Waals surface area contributed by atoms with Crippen LogP contribution in [0.3, 0.4) is 0 Å². The molecule has 1 aliphatic rings. The lowest BCUT2D eigenvalue weighted by Gasteiger charge is -2.25. The van der Waals surface area contributed by atoms with E-state index in [1.165, 1.54) is 18.0 Å². The molecule has 90 valence electrons. The summed E-state index contributed by atoms with van der Waals surface area (Å²) in [6, 6.07) is 0.653. The van der Waals surface area contributed by atoms with E-state index in [-0.39, 0.29) is 0 Å². The highest BCUT2D eigenvalue weighted by molar-refractivity contribution is 7.09. The van der Waals surface area contributed by atoms with Gasteiger partial charge in [-0.3, -0.25) is 4.90 Å². The van der Waals surface area contributed by atoms with Gasteiger partial charge in [-0.1, -0.05) is 13.8 Å². The van der Waals surface area contributed by atoms with Gasteiger partial charge in [-0.2, -0.15) is 9.36 Å². The van der Waals surface area contributed by atoms with E-state index >= 15 is 0 Å². The minimum atomic E-state index is 0.395. The molecule has 0 saturated carbocycles. The summed E-state index contributed by atoms with van der Waals surface area (Å²) in [6.07, 6.45) is 1.21. The van der Waals surface area contributed by atoms with Crippen molar-refractivity contribution in [2.24, 2.45) is 0 Å².